The average Bonchev–Trinajstić information content (AvgIpc) is 2.58. The number of carbonyl (C=O) groups is 2. The minimum Gasteiger partial charge on any atom is -0.496 e. The van der Waals surface area contributed by atoms with Gasteiger partial charge in [-0.2, -0.15) is 0 Å². The first kappa shape index (κ1) is 18.8. The highest BCUT2D eigenvalue weighted by molar-refractivity contribution is 6.33. The predicted octanol–water partition coefficient (Wildman–Crippen LogP) is 3.16. The number of aromatic nitrogens is 1. The highest BCUT2D eigenvalue weighted by Gasteiger charge is 2.22. The van der Waals surface area contributed by atoms with Gasteiger partial charge in [0.25, 0.3) is 5.91 Å². The van der Waals surface area contributed by atoms with E-state index >= 15 is 0 Å². The van der Waals surface area contributed by atoms with Gasteiger partial charge >= 0.3 is 5.97 Å². The molecule has 0 aliphatic carbocycles. The molecule has 0 spiro atoms. The number of hydrogen-bond acceptors (Lipinski definition) is 6. The number of rotatable bonds is 5. The van der Waals surface area contributed by atoms with Crippen LogP contribution in [0.25, 0.3) is 0 Å². The Morgan fingerprint density at radius 1 is 1.28 bits per heavy atom. The van der Waals surface area contributed by atoms with E-state index in [1.54, 1.807) is 6.07 Å². The van der Waals surface area contributed by atoms with Crippen LogP contribution in [0.2, 0.25) is 10.0 Å². The van der Waals surface area contributed by atoms with Gasteiger partial charge in [-0.3, -0.25) is 4.79 Å². The molecule has 3 N–H and O–H groups in total. The molecule has 0 unspecified atom stereocenters. The number of amides is 1. The van der Waals surface area contributed by atoms with Crippen LogP contribution in [0.1, 0.15) is 17.3 Å². The van der Waals surface area contributed by atoms with E-state index in [2.05, 4.69) is 10.3 Å². The lowest BCUT2D eigenvalue weighted by molar-refractivity contribution is -0.123. The Morgan fingerprint density at radius 3 is 2.60 bits per heavy atom. The molecule has 7 nitrogen and oxygen atoms in total. The van der Waals surface area contributed by atoms with E-state index in [-0.39, 0.29) is 27.8 Å². The Labute approximate surface area is 154 Å². The van der Waals surface area contributed by atoms with Crippen LogP contribution in [-0.4, -0.2) is 30.1 Å². The summed E-state index contributed by atoms with van der Waals surface area (Å²) in [5, 5.41) is 3.12. The Kier molecular flexibility index (Phi) is 6.06. The van der Waals surface area contributed by atoms with Gasteiger partial charge in [0.2, 0.25) is 0 Å². The second-order valence-electron chi connectivity index (χ2n) is 4.97. The molecule has 0 fully saturated rings. The normalized spacial score (nSPS) is 11.5. The fourth-order valence-corrected chi connectivity index (χ4v) is 2.13. The van der Waals surface area contributed by atoms with Gasteiger partial charge in [0, 0.05) is 12.3 Å². The molecule has 2 aromatic rings. The minimum absolute atomic E-state index is 0.0611. The van der Waals surface area contributed by atoms with Crippen molar-refractivity contribution in [2.45, 2.75) is 13.0 Å². The topological polar surface area (TPSA) is 104 Å². The molecule has 0 radical (unpaired) electrons. The Morgan fingerprint density at radius 2 is 2.00 bits per heavy atom. The van der Waals surface area contributed by atoms with Gasteiger partial charge in [0.1, 0.15) is 17.1 Å². The zero-order chi connectivity index (χ0) is 18.6. The SMILES string of the molecule is COc1cc(N)c(Cl)cc1C(=O)O[C@@H](C)C(=O)Nc1ccc(Cl)cn1. The van der Waals surface area contributed by atoms with Crippen LogP contribution in [-0.2, 0) is 9.53 Å². The summed E-state index contributed by atoms with van der Waals surface area (Å²) in [6.45, 7) is 1.43. The number of nitrogens with zero attached hydrogens (tertiary/aromatic N) is 1. The van der Waals surface area contributed by atoms with Gasteiger partial charge < -0.3 is 20.5 Å². The number of halogens is 2. The Bertz CT molecular complexity index is 797. The molecule has 1 aromatic carbocycles. The van der Waals surface area contributed by atoms with Crippen molar-refractivity contribution in [2.24, 2.45) is 0 Å². The molecule has 9 heteroatoms. The molecular formula is C16H15Cl2N3O4. The van der Waals surface area contributed by atoms with Crippen LogP contribution in [0, 0.1) is 0 Å². The Hall–Kier alpha value is -2.51. The maximum Gasteiger partial charge on any atom is 0.342 e. The lowest BCUT2D eigenvalue weighted by Gasteiger charge is -2.15. The molecule has 25 heavy (non-hydrogen) atoms. The highest BCUT2D eigenvalue weighted by Crippen LogP contribution is 2.29. The van der Waals surface area contributed by atoms with Crippen molar-refractivity contribution in [1.82, 2.24) is 4.98 Å². The molecule has 0 saturated carbocycles. The lowest BCUT2D eigenvalue weighted by Crippen LogP contribution is -2.30. The first-order chi connectivity index (χ1) is 11.8. The number of nitrogens with two attached hydrogens (primary N) is 1. The zero-order valence-corrected chi connectivity index (χ0v) is 14.9. The molecule has 1 aromatic heterocycles. The summed E-state index contributed by atoms with van der Waals surface area (Å²) in [6, 6.07) is 5.82. The number of anilines is 2. The first-order valence-corrected chi connectivity index (χ1v) is 7.83. The molecule has 1 heterocycles. The van der Waals surface area contributed by atoms with Crippen LogP contribution in [0.4, 0.5) is 11.5 Å². The summed E-state index contributed by atoms with van der Waals surface area (Å²) in [7, 11) is 1.38. The third kappa shape index (κ3) is 4.74. The highest BCUT2D eigenvalue weighted by atomic mass is 35.5. The van der Waals surface area contributed by atoms with Crippen molar-refractivity contribution in [3.63, 3.8) is 0 Å². The maximum absolute atomic E-state index is 12.3. The number of ether oxygens (including phenoxy) is 2. The third-order valence-corrected chi connectivity index (χ3v) is 3.72. The number of esters is 1. The summed E-state index contributed by atoms with van der Waals surface area (Å²) in [5.74, 6) is -0.849. The molecular weight excluding hydrogens is 369 g/mol. The second kappa shape index (κ2) is 8.04. The van der Waals surface area contributed by atoms with E-state index in [9.17, 15) is 9.59 Å². The fraction of sp³-hybridized carbons (Fsp3) is 0.188. The monoisotopic (exact) mass is 383 g/mol. The fourth-order valence-electron chi connectivity index (χ4n) is 1.85. The van der Waals surface area contributed by atoms with Crippen LogP contribution < -0.4 is 15.8 Å². The van der Waals surface area contributed by atoms with Crippen LogP contribution >= 0.6 is 23.2 Å². The molecule has 2 rings (SSSR count). The van der Waals surface area contributed by atoms with Gasteiger partial charge in [-0.1, -0.05) is 23.2 Å². The second-order valence-corrected chi connectivity index (χ2v) is 5.82. The van der Waals surface area contributed by atoms with Gasteiger partial charge in [0.05, 0.1) is 22.8 Å². The summed E-state index contributed by atoms with van der Waals surface area (Å²) in [4.78, 5) is 28.3. The third-order valence-electron chi connectivity index (χ3n) is 3.17. The van der Waals surface area contributed by atoms with Gasteiger partial charge in [-0.15, -0.1) is 0 Å². The summed E-state index contributed by atoms with van der Waals surface area (Å²) in [6.07, 6.45) is 0.306. The van der Waals surface area contributed by atoms with Crippen molar-refractivity contribution in [3.05, 3.63) is 46.1 Å². The lowest BCUT2D eigenvalue weighted by atomic mass is 10.2. The Balaban J connectivity index is 2.08. The van der Waals surface area contributed by atoms with Crippen molar-refractivity contribution >= 4 is 46.6 Å². The summed E-state index contributed by atoms with van der Waals surface area (Å²) >= 11 is 11.6. The first-order valence-electron chi connectivity index (χ1n) is 7.08. The number of methoxy groups -OCH3 is 1. The van der Waals surface area contributed by atoms with Crippen molar-refractivity contribution in [3.8, 4) is 5.75 Å². The average molecular weight is 384 g/mol. The maximum atomic E-state index is 12.3. The van der Waals surface area contributed by atoms with Crippen molar-refractivity contribution in [1.29, 1.82) is 0 Å². The van der Waals surface area contributed by atoms with Crippen molar-refractivity contribution in [2.75, 3.05) is 18.2 Å². The van der Waals surface area contributed by atoms with Gasteiger partial charge in [-0.05, 0) is 25.1 Å². The predicted molar refractivity (Wildman–Crippen MR) is 95.2 cm³/mol. The molecule has 0 aliphatic heterocycles. The molecule has 0 saturated heterocycles. The van der Waals surface area contributed by atoms with E-state index in [1.165, 1.54) is 38.4 Å². The largest absolute Gasteiger partial charge is 0.496 e. The molecule has 132 valence electrons. The van der Waals surface area contributed by atoms with Gasteiger partial charge in [0.15, 0.2) is 6.10 Å². The molecule has 1 amide bonds. The van der Waals surface area contributed by atoms with Crippen LogP contribution in [0.15, 0.2) is 30.5 Å². The number of benzene rings is 1. The van der Waals surface area contributed by atoms with E-state index in [0.29, 0.717) is 5.02 Å². The van der Waals surface area contributed by atoms with Gasteiger partial charge in [-0.25, -0.2) is 9.78 Å². The number of nitrogens with one attached hydrogen (secondary N) is 1. The number of nitrogen functional groups attached to an aromatic ring is 1. The van der Waals surface area contributed by atoms with E-state index in [4.69, 9.17) is 38.4 Å². The van der Waals surface area contributed by atoms with E-state index in [1.807, 2.05) is 0 Å². The number of pyridine rings is 1. The molecule has 0 bridgehead atoms. The quantitative estimate of drug-likeness (QED) is 0.606. The van der Waals surface area contributed by atoms with Crippen LogP contribution in [0.5, 0.6) is 5.75 Å². The molecule has 1 atom stereocenters. The van der Waals surface area contributed by atoms with E-state index in [0.717, 1.165) is 0 Å². The standard InChI is InChI=1S/C16H15Cl2N3O4/c1-8(15(22)21-14-4-3-9(17)7-20-14)25-16(23)10-5-11(18)12(19)6-13(10)24-2/h3-8H,19H2,1-2H3,(H,20,21,22)/t8-/m0/s1. The minimum atomic E-state index is -1.08. The van der Waals surface area contributed by atoms with Crippen molar-refractivity contribution < 1.29 is 19.1 Å². The molecule has 0 aliphatic rings. The zero-order valence-electron chi connectivity index (χ0n) is 13.4. The number of carbonyl (C=O) groups excluding carboxylic acids is 2. The summed E-state index contributed by atoms with van der Waals surface area (Å²) in [5.41, 5.74) is 5.99. The number of hydrogen-bond donors (Lipinski definition) is 2. The summed E-state index contributed by atoms with van der Waals surface area (Å²) < 4.78 is 10.2. The smallest absolute Gasteiger partial charge is 0.342 e. The van der Waals surface area contributed by atoms with E-state index < -0.39 is 18.0 Å². The van der Waals surface area contributed by atoms with Crippen LogP contribution in [0.3, 0.4) is 0 Å².